The standard InChI is InChI=1S/C24H23F3O4S/c1-13-11-14(2)20(15(3)12-13)21-22(28)16(4)19(31-23(21)29)9-10-32(30)18-7-5-17(6-8-18)24(25,26)27/h5-8,11-12,28H,9-10H2,1-4H3. The summed E-state index contributed by atoms with van der Waals surface area (Å²) in [7, 11) is 0. The molecule has 4 nitrogen and oxygen atoms in total. The van der Waals surface area contributed by atoms with Gasteiger partial charge in [0.15, 0.2) is 4.90 Å². The molecule has 0 fully saturated rings. The van der Waals surface area contributed by atoms with Crippen LogP contribution in [0.15, 0.2) is 50.5 Å². The molecule has 0 aliphatic carbocycles. The highest BCUT2D eigenvalue weighted by molar-refractivity contribution is 7.91. The topological polar surface area (TPSA) is 73.5 Å². The van der Waals surface area contributed by atoms with Crippen LogP contribution in [0.3, 0.4) is 0 Å². The van der Waals surface area contributed by atoms with E-state index in [-0.39, 0.29) is 34.1 Å². The lowest BCUT2D eigenvalue weighted by Crippen LogP contribution is -2.14. The molecule has 1 atom stereocenters. The van der Waals surface area contributed by atoms with Crippen LogP contribution in [0.4, 0.5) is 13.2 Å². The summed E-state index contributed by atoms with van der Waals surface area (Å²) in [4.78, 5) is 13.0. The molecule has 0 aliphatic rings. The Labute approximate surface area is 186 Å². The Morgan fingerprint density at radius 1 is 1.00 bits per heavy atom. The Morgan fingerprint density at radius 3 is 2.09 bits per heavy atom. The lowest BCUT2D eigenvalue weighted by molar-refractivity contribution is -0.137. The van der Waals surface area contributed by atoms with E-state index in [0.29, 0.717) is 11.1 Å². The lowest BCUT2D eigenvalue weighted by Gasteiger charge is -2.15. The first kappa shape index (κ1) is 23.9. The van der Waals surface area contributed by atoms with E-state index in [1.165, 1.54) is 12.1 Å². The molecule has 0 saturated carbocycles. The number of aryl methyl sites for hydroxylation is 4. The van der Waals surface area contributed by atoms with Gasteiger partial charge < -0.3 is 14.1 Å². The van der Waals surface area contributed by atoms with Crippen molar-refractivity contribution in [3.63, 3.8) is 0 Å². The van der Waals surface area contributed by atoms with Crippen LogP contribution in [-0.2, 0) is 23.8 Å². The molecule has 170 valence electrons. The predicted octanol–water partition coefficient (Wildman–Crippen LogP) is 5.62. The van der Waals surface area contributed by atoms with Crippen molar-refractivity contribution in [1.82, 2.24) is 0 Å². The fraction of sp³-hybridized carbons (Fsp3) is 0.292. The number of aromatic hydroxyl groups is 1. The minimum absolute atomic E-state index is 0.0243. The molecule has 3 rings (SSSR count). The Balaban J connectivity index is 1.86. The second kappa shape index (κ2) is 9.03. The summed E-state index contributed by atoms with van der Waals surface area (Å²) in [6.45, 7) is 7.25. The summed E-state index contributed by atoms with van der Waals surface area (Å²) < 4.78 is 56.1. The Bertz CT molecular complexity index is 1170. The molecule has 32 heavy (non-hydrogen) atoms. The third-order valence-corrected chi connectivity index (χ3v) is 6.69. The van der Waals surface area contributed by atoms with Crippen LogP contribution in [0.25, 0.3) is 11.1 Å². The number of hydrogen-bond donors (Lipinski definition) is 1. The van der Waals surface area contributed by atoms with Gasteiger partial charge in [0.1, 0.15) is 22.8 Å². The molecule has 1 N–H and O–H groups in total. The van der Waals surface area contributed by atoms with Crippen LogP contribution in [-0.4, -0.2) is 15.4 Å². The lowest BCUT2D eigenvalue weighted by atomic mass is 9.93. The number of alkyl halides is 3. The van der Waals surface area contributed by atoms with E-state index in [0.717, 1.165) is 28.8 Å². The number of halogens is 3. The molecule has 1 unspecified atom stereocenters. The average Bonchev–Trinajstić information content (AvgIpc) is 2.70. The van der Waals surface area contributed by atoms with Crippen molar-refractivity contribution in [3.05, 3.63) is 80.4 Å². The van der Waals surface area contributed by atoms with E-state index in [4.69, 9.17) is 4.42 Å². The average molecular weight is 465 g/mol. The molecular weight excluding hydrogens is 441 g/mol. The van der Waals surface area contributed by atoms with Gasteiger partial charge in [-0.25, -0.2) is 4.79 Å². The van der Waals surface area contributed by atoms with Crippen molar-refractivity contribution in [3.8, 4) is 16.9 Å². The molecule has 3 aromatic rings. The molecule has 0 bridgehead atoms. The zero-order valence-electron chi connectivity index (χ0n) is 18.1. The fourth-order valence-electron chi connectivity index (χ4n) is 3.79. The van der Waals surface area contributed by atoms with Crippen molar-refractivity contribution >= 4 is 11.2 Å². The Hall–Kier alpha value is -2.71. The first-order chi connectivity index (χ1) is 14.9. The monoisotopic (exact) mass is 464 g/mol. The van der Waals surface area contributed by atoms with Crippen LogP contribution in [0, 0.1) is 27.7 Å². The molecule has 0 spiro atoms. The molecule has 8 heteroatoms. The fourth-order valence-corrected chi connectivity index (χ4v) is 4.83. The molecule has 1 heterocycles. The molecule has 0 amide bonds. The highest BCUT2D eigenvalue weighted by Crippen LogP contribution is 2.35. The van der Waals surface area contributed by atoms with E-state index in [2.05, 4.69) is 0 Å². The summed E-state index contributed by atoms with van der Waals surface area (Å²) in [5.74, 6) is 0.0295. The van der Waals surface area contributed by atoms with Gasteiger partial charge in [0.25, 0.3) is 0 Å². The van der Waals surface area contributed by atoms with Gasteiger partial charge in [0.05, 0.1) is 12.0 Å². The smallest absolute Gasteiger partial charge is 0.416 e. The van der Waals surface area contributed by atoms with Gasteiger partial charge in [-0.3, -0.25) is 0 Å². The minimum atomic E-state index is -4.46. The highest BCUT2D eigenvalue weighted by atomic mass is 32.2. The predicted molar refractivity (Wildman–Crippen MR) is 117 cm³/mol. The maximum Gasteiger partial charge on any atom is 0.416 e. The van der Waals surface area contributed by atoms with Crippen molar-refractivity contribution in [2.24, 2.45) is 0 Å². The van der Waals surface area contributed by atoms with Gasteiger partial charge >= 0.3 is 11.8 Å². The SMILES string of the molecule is Cc1cc(C)c(-c2c(O)c(C)c(CC[S+]([O-])c3ccc(C(F)(F)F)cc3)oc2=O)c(C)c1. The maximum absolute atomic E-state index is 12.7. The molecular formula is C24H23F3O4S. The molecule has 2 aromatic carbocycles. The van der Waals surface area contributed by atoms with Crippen LogP contribution in [0.1, 0.15) is 33.6 Å². The quantitative estimate of drug-likeness (QED) is 0.498. The van der Waals surface area contributed by atoms with Crippen LogP contribution in [0.5, 0.6) is 5.75 Å². The summed E-state index contributed by atoms with van der Waals surface area (Å²) in [6.07, 6.45) is -4.39. The van der Waals surface area contributed by atoms with Gasteiger partial charge in [-0.1, -0.05) is 17.7 Å². The van der Waals surface area contributed by atoms with Crippen molar-refractivity contribution in [2.45, 2.75) is 45.2 Å². The number of hydrogen-bond acceptors (Lipinski definition) is 4. The normalized spacial score (nSPS) is 12.8. The molecule has 0 aliphatic heterocycles. The summed E-state index contributed by atoms with van der Waals surface area (Å²) >= 11 is -1.60. The van der Waals surface area contributed by atoms with E-state index in [9.17, 15) is 27.6 Å². The summed E-state index contributed by atoms with van der Waals surface area (Å²) in [5.41, 5.74) is 2.26. The van der Waals surface area contributed by atoms with E-state index in [1.54, 1.807) is 6.92 Å². The van der Waals surface area contributed by atoms with Crippen molar-refractivity contribution < 1.29 is 27.2 Å². The Kier molecular flexibility index (Phi) is 6.76. The Morgan fingerprint density at radius 2 is 1.56 bits per heavy atom. The zero-order chi connectivity index (χ0) is 23.8. The van der Waals surface area contributed by atoms with Crippen molar-refractivity contribution in [1.29, 1.82) is 0 Å². The van der Waals surface area contributed by atoms with Gasteiger partial charge in [-0.05, 0) is 79.8 Å². The highest BCUT2D eigenvalue weighted by Gasteiger charge is 2.30. The third-order valence-electron chi connectivity index (χ3n) is 5.32. The van der Waals surface area contributed by atoms with Gasteiger partial charge in [-0.2, -0.15) is 13.2 Å². The van der Waals surface area contributed by atoms with Crippen LogP contribution in [0.2, 0.25) is 0 Å². The minimum Gasteiger partial charge on any atom is -0.611 e. The molecule has 1 aromatic heterocycles. The number of benzene rings is 2. The van der Waals surface area contributed by atoms with Gasteiger partial charge in [0, 0.05) is 5.56 Å². The summed E-state index contributed by atoms with van der Waals surface area (Å²) in [5, 5.41) is 10.8. The van der Waals surface area contributed by atoms with Crippen LogP contribution >= 0.6 is 0 Å². The van der Waals surface area contributed by atoms with Crippen molar-refractivity contribution in [2.75, 3.05) is 5.75 Å². The third kappa shape index (κ3) is 4.86. The summed E-state index contributed by atoms with van der Waals surface area (Å²) in [6, 6.07) is 7.93. The van der Waals surface area contributed by atoms with Gasteiger partial charge in [0.2, 0.25) is 0 Å². The maximum atomic E-state index is 12.7. The second-order valence-corrected chi connectivity index (χ2v) is 9.33. The first-order valence-electron chi connectivity index (χ1n) is 9.89. The van der Waals surface area contributed by atoms with Gasteiger partial charge in [-0.15, -0.1) is 0 Å². The second-order valence-electron chi connectivity index (χ2n) is 7.76. The van der Waals surface area contributed by atoms with E-state index in [1.807, 2.05) is 32.9 Å². The zero-order valence-corrected chi connectivity index (χ0v) is 18.9. The van der Waals surface area contributed by atoms with E-state index >= 15 is 0 Å². The molecule has 0 radical (unpaired) electrons. The van der Waals surface area contributed by atoms with E-state index < -0.39 is 28.5 Å². The first-order valence-corrected chi connectivity index (χ1v) is 11.2. The largest absolute Gasteiger partial charge is 0.611 e. The van der Waals surface area contributed by atoms with Crippen LogP contribution < -0.4 is 5.63 Å². The number of rotatable bonds is 5. The molecule has 0 saturated heterocycles.